The van der Waals surface area contributed by atoms with Gasteiger partial charge in [0.15, 0.2) is 5.82 Å². The van der Waals surface area contributed by atoms with E-state index in [4.69, 9.17) is 21.3 Å². The highest BCUT2D eigenvalue weighted by atomic mass is 35.5. The number of imidazole rings is 1. The lowest BCUT2D eigenvalue weighted by Gasteiger charge is -2.35. The average Bonchev–Trinajstić information content (AvgIpc) is 3.27. The third-order valence-corrected chi connectivity index (χ3v) is 7.24. The van der Waals surface area contributed by atoms with Crippen LogP contribution in [0.5, 0.6) is 11.5 Å². The third kappa shape index (κ3) is 4.68. The minimum atomic E-state index is -0.654. The fraction of sp³-hybridized carbons (Fsp3) is 0.296. The van der Waals surface area contributed by atoms with Gasteiger partial charge in [-0.1, -0.05) is 11.6 Å². The van der Waals surface area contributed by atoms with Crippen LogP contribution < -0.4 is 15.0 Å². The van der Waals surface area contributed by atoms with Crippen molar-refractivity contribution in [1.29, 1.82) is 0 Å². The Labute approximate surface area is 224 Å². The van der Waals surface area contributed by atoms with Crippen molar-refractivity contribution in [3.05, 3.63) is 59.8 Å². The van der Waals surface area contributed by atoms with Crippen molar-refractivity contribution in [2.75, 3.05) is 23.3 Å². The molecule has 5 aromatic rings. The van der Waals surface area contributed by atoms with Gasteiger partial charge in [0, 0.05) is 32.3 Å². The summed E-state index contributed by atoms with van der Waals surface area (Å²) < 4.78 is 8.11. The highest BCUT2D eigenvalue weighted by Gasteiger charge is 2.28. The number of ether oxygens (including phenoxy) is 1. The molecule has 0 amide bonds. The zero-order chi connectivity index (χ0) is 26.4. The lowest BCUT2D eigenvalue weighted by atomic mass is 9.94. The fourth-order valence-corrected chi connectivity index (χ4v) is 4.78. The highest BCUT2D eigenvalue weighted by molar-refractivity contribution is 6.33. The SMILES string of the molecule is Cc1cc(Nc2ncnc3cnc(N4CCC(C)(O)CC4)nc23)c(Cl)cc1Oc1ccc2c(c1)ncn2C. The highest BCUT2D eigenvalue weighted by Crippen LogP contribution is 2.36. The summed E-state index contributed by atoms with van der Waals surface area (Å²) in [6.07, 6.45) is 6.25. The standard InChI is InChI=1S/C27H27ClN8O2/c1-16-10-19(18(28)12-23(16)38-17-4-5-22-20(11-17)32-15-35(22)3)33-25-24-21(30-14-31-25)13-29-26(34-24)36-8-6-27(2,37)7-9-36/h4-5,10-15,37H,6-9H2,1-3H3,(H,30,31,33). The van der Waals surface area contributed by atoms with Crippen molar-refractivity contribution >= 4 is 51.1 Å². The van der Waals surface area contributed by atoms with Crippen LogP contribution in [-0.2, 0) is 7.05 Å². The molecule has 2 N–H and O–H groups in total. The Morgan fingerprint density at radius 1 is 1.05 bits per heavy atom. The first kappa shape index (κ1) is 24.3. The van der Waals surface area contributed by atoms with E-state index in [1.54, 1.807) is 18.6 Å². The lowest BCUT2D eigenvalue weighted by molar-refractivity contribution is 0.0349. The molecule has 0 radical (unpaired) electrons. The van der Waals surface area contributed by atoms with E-state index < -0.39 is 5.60 Å². The number of hydrogen-bond acceptors (Lipinski definition) is 9. The van der Waals surface area contributed by atoms with E-state index in [1.165, 1.54) is 6.33 Å². The quantitative estimate of drug-likeness (QED) is 0.318. The monoisotopic (exact) mass is 530 g/mol. The van der Waals surface area contributed by atoms with E-state index in [-0.39, 0.29) is 0 Å². The van der Waals surface area contributed by atoms with Gasteiger partial charge in [-0.3, -0.25) is 0 Å². The zero-order valence-electron chi connectivity index (χ0n) is 21.3. The number of aliphatic hydroxyl groups is 1. The molecule has 0 saturated carbocycles. The van der Waals surface area contributed by atoms with Gasteiger partial charge in [0.1, 0.15) is 28.9 Å². The van der Waals surface area contributed by atoms with Gasteiger partial charge in [-0.15, -0.1) is 0 Å². The second-order valence-electron chi connectivity index (χ2n) is 9.94. The summed E-state index contributed by atoms with van der Waals surface area (Å²) in [4.78, 5) is 24.5. The van der Waals surface area contributed by atoms with Crippen LogP contribution in [0.1, 0.15) is 25.3 Å². The van der Waals surface area contributed by atoms with Crippen molar-refractivity contribution in [3.63, 3.8) is 0 Å². The molecule has 11 heteroatoms. The summed E-state index contributed by atoms with van der Waals surface area (Å²) in [5.41, 5.74) is 4.01. The second kappa shape index (κ2) is 9.38. The molecule has 38 heavy (non-hydrogen) atoms. The largest absolute Gasteiger partial charge is 0.457 e. The number of anilines is 3. The molecule has 10 nitrogen and oxygen atoms in total. The molecule has 1 aliphatic rings. The van der Waals surface area contributed by atoms with E-state index in [9.17, 15) is 5.11 Å². The Morgan fingerprint density at radius 3 is 2.68 bits per heavy atom. The van der Waals surface area contributed by atoms with Crippen LogP contribution in [-0.4, -0.2) is 53.3 Å². The smallest absolute Gasteiger partial charge is 0.226 e. The first-order valence-corrected chi connectivity index (χ1v) is 12.7. The van der Waals surface area contributed by atoms with Crippen LogP contribution >= 0.6 is 11.6 Å². The van der Waals surface area contributed by atoms with Gasteiger partial charge in [0.05, 0.1) is 39.9 Å². The molecule has 0 spiro atoms. The second-order valence-corrected chi connectivity index (χ2v) is 10.3. The van der Waals surface area contributed by atoms with Gasteiger partial charge >= 0.3 is 0 Å². The molecular weight excluding hydrogens is 504 g/mol. The van der Waals surface area contributed by atoms with Crippen LogP contribution in [0.2, 0.25) is 5.02 Å². The van der Waals surface area contributed by atoms with Crippen LogP contribution in [0.15, 0.2) is 49.2 Å². The maximum Gasteiger partial charge on any atom is 0.226 e. The summed E-state index contributed by atoms with van der Waals surface area (Å²) in [7, 11) is 1.96. The number of halogens is 1. The molecule has 2 aromatic carbocycles. The number of hydrogen-bond donors (Lipinski definition) is 2. The molecule has 3 aromatic heterocycles. The molecule has 6 rings (SSSR count). The molecule has 4 heterocycles. The Hall–Kier alpha value is -4.02. The van der Waals surface area contributed by atoms with Gasteiger partial charge < -0.3 is 24.6 Å². The van der Waals surface area contributed by atoms with Crippen molar-refractivity contribution in [3.8, 4) is 11.5 Å². The van der Waals surface area contributed by atoms with Crippen molar-refractivity contribution < 1.29 is 9.84 Å². The number of rotatable bonds is 5. The zero-order valence-corrected chi connectivity index (χ0v) is 22.1. The Morgan fingerprint density at radius 2 is 1.87 bits per heavy atom. The predicted octanol–water partition coefficient (Wildman–Crippen LogP) is 5.16. The van der Waals surface area contributed by atoms with E-state index in [2.05, 4.69) is 30.2 Å². The number of nitrogens with one attached hydrogen (secondary N) is 1. The maximum atomic E-state index is 10.3. The minimum Gasteiger partial charge on any atom is -0.457 e. The van der Waals surface area contributed by atoms with Crippen molar-refractivity contribution in [2.45, 2.75) is 32.3 Å². The third-order valence-electron chi connectivity index (χ3n) is 6.93. The van der Waals surface area contributed by atoms with Crippen LogP contribution in [0.4, 0.5) is 17.5 Å². The number of benzene rings is 2. The number of aromatic nitrogens is 6. The van der Waals surface area contributed by atoms with Crippen molar-refractivity contribution in [2.24, 2.45) is 7.05 Å². The summed E-state index contributed by atoms with van der Waals surface area (Å²) in [6.45, 7) is 5.17. The minimum absolute atomic E-state index is 0.476. The molecule has 1 aliphatic heterocycles. The number of nitrogens with zero attached hydrogens (tertiary/aromatic N) is 7. The molecule has 0 unspecified atom stereocenters. The Kier molecular flexibility index (Phi) is 6.00. The molecule has 1 fully saturated rings. The number of piperidine rings is 1. The maximum absolute atomic E-state index is 10.3. The summed E-state index contributed by atoms with van der Waals surface area (Å²) in [5.74, 6) is 2.44. The topological polar surface area (TPSA) is 114 Å². The van der Waals surface area contributed by atoms with Gasteiger partial charge in [-0.05, 0) is 50.5 Å². The number of aryl methyl sites for hydroxylation is 2. The van der Waals surface area contributed by atoms with E-state index in [0.29, 0.717) is 70.9 Å². The van der Waals surface area contributed by atoms with E-state index in [0.717, 1.165) is 16.6 Å². The molecule has 194 valence electrons. The molecular formula is C27H27ClN8O2. The first-order valence-electron chi connectivity index (χ1n) is 12.4. The first-order chi connectivity index (χ1) is 18.3. The van der Waals surface area contributed by atoms with E-state index in [1.807, 2.05) is 49.7 Å². The Bertz CT molecular complexity index is 1660. The average molecular weight is 531 g/mol. The Balaban J connectivity index is 1.26. The van der Waals surface area contributed by atoms with Gasteiger partial charge in [-0.25, -0.2) is 24.9 Å². The summed E-state index contributed by atoms with van der Waals surface area (Å²) in [5, 5.41) is 14.1. The lowest BCUT2D eigenvalue weighted by Crippen LogP contribution is -2.43. The normalized spacial score (nSPS) is 15.2. The predicted molar refractivity (Wildman–Crippen MR) is 147 cm³/mol. The molecule has 1 saturated heterocycles. The molecule has 0 bridgehead atoms. The molecule has 0 aliphatic carbocycles. The van der Waals surface area contributed by atoms with Crippen molar-refractivity contribution in [1.82, 2.24) is 29.5 Å². The van der Waals surface area contributed by atoms with Crippen LogP contribution in [0.25, 0.3) is 22.1 Å². The van der Waals surface area contributed by atoms with E-state index >= 15 is 0 Å². The summed E-state index contributed by atoms with van der Waals surface area (Å²) in [6, 6.07) is 9.50. The van der Waals surface area contributed by atoms with Crippen LogP contribution in [0, 0.1) is 6.92 Å². The van der Waals surface area contributed by atoms with Gasteiger partial charge in [0.25, 0.3) is 0 Å². The fourth-order valence-electron chi connectivity index (χ4n) is 4.58. The van der Waals surface area contributed by atoms with Crippen LogP contribution in [0.3, 0.4) is 0 Å². The van der Waals surface area contributed by atoms with Gasteiger partial charge in [-0.2, -0.15) is 0 Å². The number of fused-ring (bicyclic) bond motifs is 2. The summed E-state index contributed by atoms with van der Waals surface area (Å²) >= 11 is 6.68. The molecule has 0 atom stereocenters. The van der Waals surface area contributed by atoms with Gasteiger partial charge in [0.2, 0.25) is 5.95 Å².